The molecule has 1 atom stereocenters. The van der Waals surface area contributed by atoms with E-state index in [0.717, 1.165) is 12.2 Å². The maximum atomic E-state index is 11.2. The minimum atomic E-state index is -0.956. The molecule has 0 spiro atoms. The van der Waals surface area contributed by atoms with Crippen molar-refractivity contribution in [2.24, 2.45) is 0 Å². The van der Waals surface area contributed by atoms with Crippen LogP contribution >= 0.6 is 27.7 Å². The molecule has 0 bridgehead atoms. The highest BCUT2D eigenvalue weighted by atomic mass is 79.9. The molecule has 0 aliphatic rings. The average molecular weight is 333 g/mol. The van der Waals surface area contributed by atoms with E-state index in [0.29, 0.717) is 10.3 Å². The summed E-state index contributed by atoms with van der Waals surface area (Å²) in [5.41, 5.74) is 0.225. The van der Waals surface area contributed by atoms with E-state index in [2.05, 4.69) is 34.1 Å². The molecule has 0 saturated heterocycles. The van der Waals surface area contributed by atoms with Crippen LogP contribution in [0.3, 0.4) is 0 Å². The van der Waals surface area contributed by atoms with Crippen LogP contribution in [0.15, 0.2) is 16.7 Å². The third-order valence-corrected chi connectivity index (χ3v) is 3.88. The summed E-state index contributed by atoms with van der Waals surface area (Å²) in [5.74, 6) is 0.603. The Hall–Kier alpha value is -0.750. The highest BCUT2D eigenvalue weighted by Gasteiger charge is 2.19. The predicted molar refractivity (Wildman–Crippen MR) is 79.8 cm³/mol. The Kier molecular flexibility index (Phi) is 5.95. The molecule has 1 rings (SSSR count). The summed E-state index contributed by atoms with van der Waals surface area (Å²) in [6.45, 7) is 2.07. The first-order valence-electron chi connectivity index (χ1n) is 5.58. The van der Waals surface area contributed by atoms with Crippen LogP contribution in [0.4, 0.5) is 5.82 Å². The molecule has 1 aromatic rings. The van der Waals surface area contributed by atoms with Crippen molar-refractivity contribution in [2.45, 2.75) is 19.4 Å². The van der Waals surface area contributed by atoms with Crippen LogP contribution in [-0.2, 0) is 0 Å². The lowest BCUT2D eigenvalue weighted by molar-refractivity contribution is 0.0697. The van der Waals surface area contributed by atoms with Crippen LogP contribution in [0.25, 0.3) is 0 Å². The van der Waals surface area contributed by atoms with E-state index < -0.39 is 5.97 Å². The molecule has 1 aromatic heterocycles. The topological polar surface area (TPSA) is 53.4 Å². The van der Waals surface area contributed by atoms with Gasteiger partial charge in [-0.25, -0.2) is 9.78 Å². The van der Waals surface area contributed by atoms with Gasteiger partial charge in [-0.15, -0.1) is 0 Å². The fraction of sp³-hybridized carbons (Fsp3) is 0.500. The number of aromatic carboxylic acids is 1. The van der Waals surface area contributed by atoms with Crippen molar-refractivity contribution in [1.82, 2.24) is 4.98 Å². The van der Waals surface area contributed by atoms with Gasteiger partial charge in [0.1, 0.15) is 11.4 Å². The summed E-state index contributed by atoms with van der Waals surface area (Å²) in [4.78, 5) is 17.4. The molecule has 0 amide bonds. The number of halogens is 1. The highest BCUT2D eigenvalue weighted by molar-refractivity contribution is 9.10. The summed E-state index contributed by atoms with van der Waals surface area (Å²) in [5, 5.41) is 9.21. The Bertz CT molecular complexity index is 429. The first-order chi connectivity index (χ1) is 8.47. The summed E-state index contributed by atoms with van der Waals surface area (Å²) in [6.07, 6.45) is 4.68. The molecule has 0 aromatic carbocycles. The maximum Gasteiger partial charge on any atom is 0.339 e. The average Bonchev–Trinajstić information content (AvgIpc) is 2.34. The quantitative estimate of drug-likeness (QED) is 0.867. The zero-order valence-corrected chi connectivity index (χ0v) is 13.1. The van der Waals surface area contributed by atoms with Crippen LogP contribution < -0.4 is 4.90 Å². The van der Waals surface area contributed by atoms with E-state index in [1.54, 1.807) is 24.0 Å². The highest BCUT2D eigenvalue weighted by Crippen LogP contribution is 2.23. The van der Waals surface area contributed by atoms with Crippen molar-refractivity contribution < 1.29 is 9.90 Å². The number of carboxylic acids is 1. The lowest BCUT2D eigenvalue weighted by atomic mass is 10.2. The number of thioether (sulfide) groups is 1. The van der Waals surface area contributed by atoms with Gasteiger partial charge in [-0.05, 0) is 47.3 Å². The molecule has 0 saturated carbocycles. The van der Waals surface area contributed by atoms with Crippen molar-refractivity contribution >= 4 is 39.5 Å². The molecule has 0 radical (unpaired) electrons. The second-order valence-corrected chi connectivity index (χ2v) is 5.97. The summed E-state index contributed by atoms with van der Waals surface area (Å²) in [7, 11) is 1.88. The third kappa shape index (κ3) is 3.88. The second kappa shape index (κ2) is 6.99. The normalized spacial score (nSPS) is 12.2. The fourth-order valence-corrected chi connectivity index (χ4v) is 2.47. The molecule has 1 heterocycles. The Balaban J connectivity index is 2.97. The maximum absolute atomic E-state index is 11.2. The number of hydrogen-bond acceptors (Lipinski definition) is 4. The number of nitrogens with zero attached hydrogens (tertiary/aromatic N) is 2. The van der Waals surface area contributed by atoms with Gasteiger partial charge in [0.2, 0.25) is 0 Å². The van der Waals surface area contributed by atoms with Gasteiger partial charge in [-0.1, -0.05) is 0 Å². The van der Waals surface area contributed by atoms with Crippen molar-refractivity contribution in [2.75, 3.05) is 24.0 Å². The van der Waals surface area contributed by atoms with Crippen molar-refractivity contribution in [1.29, 1.82) is 0 Å². The van der Waals surface area contributed by atoms with E-state index in [1.807, 2.05) is 11.9 Å². The van der Waals surface area contributed by atoms with Crippen LogP contribution in [0.2, 0.25) is 0 Å². The molecule has 1 N–H and O–H groups in total. The number of pyridine rings is 1. The number of anilines is 1. The Morgan fingerprint density at radius 2 is 2.33 bits per heavy atom. The number of hydrogen-bond donors (Lipinski definition) is 1. The largest absolute Gasteiger partial charge is 0.478 e. The zero-order valence-electron chi connectivity index (χ0n) is 10.7. The molecular formula is C12H17BrN2O2S. The van der Waals surface area contributed by atoms with Gasteiger partial charge in [-0.2, -0.15) is 11.8 Å². The van der Waals surface area contributed by atoms with Gasteiger partial charge in [0.05, 0.1) is 0 Å². The Labute approximate surface area is 120 Å². The molecular weight excluding hydrogens is 316 g/mol. The van der Waals surface area contributed by atoms with E-state index in [9.17, 15) is 9.90 Å². The molecule has 4 nitrogen and oxygen atoms in total. The monoisotopic (exact) mass is 332 g/mol. The Morgan fingerprint density at radius 1 is 1.67 bits per heavy atom. The van der Waals surface area contributed by atoms with Gasteiger partial charge in [0, 0.05) is 23.8 Å². The minimum absolute atomic E-state index is 0.225. The minimum Gasteiger partial charge on any atom is -0.478 e. The van der Waals surface area contributed by atoms with E-state index in [4.69, 9.17) is 0 Å². The number of aromatic nitrogens is 1. The second-order valence-electron chi connectivity index (χ2n) is 4.07. The third-order valence-electron chi connectivity index (χ3n) is 2.80. The van der Waals surface area contributed by atoms with Gasteiger partial charge >= 0.3 is 5.97 Å². The molecule has 18 heavy (non-hydrogen) atoms. The van der Waals surface area contributed by atoms with Crippen LogP contribution in [0.1, 0.15) is 23.7 Å². The van der Waals surface area contributed by atoms with Crippen LogP contribution in [0.5, 0.6) is 0 Å². The first kappa shape index (κ1) is 15.3. The van der Waals surface area contributed by atoms with Gasteiger partial charge < -0.3 is 10.0 Å². The summed E-state index contributed by atoms with van der Waals surface area (Å²) < 4.78 is 0.675. The number of rotatable bonds is 6. The molecule has 6 heteroatoms. The van der Waals surface area contributed by atoms with Crippen molar-refractivity contribution in [3.8, 4) is 0 Å². The number of carbonyl (C=O) groups is 1. The van der Waals surface area contributed by atoms with E-state index >= 15 is 0 Å². The molecule has 100 valence electrons. The molecule has 0 fully saturated rings. The zero-order chi connectivity index (χ0) is 13.7. The molecule has 1 unspecified atom stereocenters. The molecule has 0 aliphatic carbocycles. The predicted octanol–water partition coefficient (Wildman–Crippen LogP) is 3.12. The lowest BCUT2D eigenvalue weighted by Gasteiger charge is -2.27. The van der Waals surface area contributed by atoms with Crippen molar-refractivity contribution in [3.05, 3.63) is 22.3 Å². The summed E-state index contributed by atoms with van der Waals surface area (Å²) in [6, 6.07) is 1.84. The van der Waals surface area contributed by atoms with Gasteiger partial charge in [-0.3, -0.25) is 0 Å². The van der Waals surface area contributed by atoms with Crippen molar-refractivity contribution in [3.63, 3.8) is 0 Å². The van der Waals surface area contributed by atoms with Gasteiger partial charge in [0.25, 0.3) is 0 Å². The van der Waals surface area contributed by atoms with E-state index in [1.165, 1.54) is 0 Å². The van der Waals surface area contributed by atoms with Crippen LogP contribution in [0, 0.1) is 0 Å². The standard InChI is InChI=1S/C12H17BrN2O2S/c1-8(4-5-18-3)15(2)11-10(12(16)17)6-9(13)7-14-11/h6-8H,4-5H2,1-3H3,(H,16,17). The fourth-order valence-electron chi connectivity index (χ4n) is 1.56. The lowest BCUT2D eigenvalue weighted by Crippen LogP contribution is -2.31. The summed E-state index contributed by atoms with van der Waals surface area (Å²) >= 11 is 5.03. The van der Waals surface area contributed by atoms with E-state index in [-0.39, 0.29) is 11.6 Å². The number of carboxylic acid groups (broad SMARTS) is 1. The smallest absolute Gasteiger partial charge is 0.339 e. The molecule has 0 aliphatic heterocycles. The SMILES string of the molecule is CSCCC(C)N(C)c1ncc(Br)cc1C(=O)O. The first-order valence-corrected chi connectivity index (χ1v) is 7.76. The Morgan fingerprint density at radius 3 is 2.89 bits per heavy atom. The van der Waals surface area contributed by atoms with Crippen LogP contribution in [-0.4, -0.2) is 41.2 Å². The van der Waals surface area contributed by atoms with Gasteiger partial charge in [0.15, 0.2) is 0 Å².